The Hall–Kier alpha value is -3.14. The van der Waals surface area contributed by atoms with Gasteiger partial charge in [-0.1, -0.05) is 35.5 Å². The fraction of sp³-hybridized carbons (Fsp3) is 0.200. The normalized spacial score (nSPS) is 13.0. The number of benzene rings is 2. The molecule has 0 bridgehead atoms. The van der Waals surface area contributed by atoms with Gasteiger partial charge in [-0.15, -0.1) is 21.5 Å². The van der Waals surface area contributed by atoms with Gasteiger partial charge in [-0.2, -0.15) is 0 Å². The Kier molecular flexibility index (Phi) is 5.63. The third-order valence-electron chi connectivity index (χ3n) is 6.16. The second-order valence-corrected chi connectivity index (χ2v) is 10.6. The van der Waals surface area contributed by atoms with Gasteiger partial charge < -0.3 is 4.74 Å². The number of aromatic nitrogens is 4. The first-order valence-corrected chi connectivity index (χ1v) is 13.2. The summed E-state index contributed by atoms with van der Waals surface area (Å²) in [4.78, 5) is 28.7. The molecule has 6 rings (SSSR count). The van der Waals surface area contributed by atoms with E-state index in [1.165, 1.54) is 16.6 Å². The van der Waals surface area contributed by atoms with E-state index in [4.69, 9.17) is 16.3 Å². The van der Waals surface area contributed by atoms with E-state index < -0.39 is 0 Å². The van der Waals surface area contributed by atoms with Gasteiger partial charge in [0.25, 0.3) is 5.56 Å². The van der Waals surface area contributed by atoms with Crippen molar-refractivity contribution >= 4 is 56.5 Å². The van der Waals surface area contributed by atoms with Gasteiger partial charge in [0.15, 0.2) is 10.9 Å². The summed E-state index contributed by atoms with van der Waals surface area (Å²) < 4.78 is 9.04. The molecule has 3 heterocycles. The fourth-order valence-corrected chi connectivity index (χ4v) is 6.92. The van der Waals surface area contributed by atoms with Crippen molar-refractivity contribution in [2.24, 2.45) is 0 Å². The quantitative estimate of drug-likeness (QED) is 0.225. The number of hydrogen-bond acceptors (Lipinski definition) is 7. The van der Waals surface area contributed by atoms with E-state index in [9.17, 15) is 9.59 Å². The maximum absolute atomic E-state index is 13.9. The number of carbonyl (C=O) groups is 1. The molecule has 0 N–H and O–H groups in total. The van der Waals surface area contributed by atoms with Crippen molar-refractivity contribution in [1.29, 1.82) is 0 Å². The minimum absolute atomic E-state index is 0.0358. The number of rotatable bonds is 6. The summed E-state index contributed by atoms with van der Waals surface area (Å²) in [6.07, 6.45) is 2.88. The highest BCUT2D eigenvalue weighted by Gasteiger charge is 2.27. The lowest BCUT2D eigenvalue weighted by atomic mass is 10.1. The molecule has 0 radical (unpaired) electrons. The average molecular weight is 523 g/mol. The molecule has 2 aromatic carbocycles. The van der Waals surface area contributed by atoms with Crippen LogP contribution in [-0.2, 0) is 12.8 Å². The van der Waals surface area contributed by atoms with Gasteiger partial charge in [-0.25, -0.2) is 8.97 Å². The van der Waals surface area contributed by atoms with Crippen molar-refractivity contribution in [3.8, 4) is 11.4 Å². The second kappa shape index (κ2) is 8.82. The summed E-state index contributed by atoms with van der Waals surface area (Å²) >= 11 is 8.88. The van der Waals surface area contributed by atoms with Crippen molar-refractivity contribution in [2.75, 3.05) is 12.9 Å². The number of ether oxygens (including phenoxy) is 1. The smallest absolute Gasteiger partial charge is 0.268 e. The van der Waals surface area contributed by atoms with Crippen molar-refractivity contribution < 1.29 is 9.53 Å². The van der Waals surface area contributed by atoms with Crippen LogP contribution >= 0.6 is 34.7 Å². The Balaban J connectivity index is 1.53. The summed E-state index contributed by atoms with van der Waals surface area (Å²) in [5.74, 6) is 1.11. The Bertz CT molecular complexity index is 1670. The van der Waals surface area contributed by atoms with Gasteiger partial charge in [-0.05, 0) is 61.2 Å². The van der Waals surface area contributed by atoms with E-state index in [-0.39, 0.29) is 17.1 Å². The first-order chi connectivity index (χ1) is 17.1. The number of thioether (sulfide) groups is 1. The molecular weight excluding hydrogens is 504 g/mol. The van der Waals surface area contributed by atoms with Crippen LogP contribution < -0.4 is 10.3 Å². The number of ketones is 1. The molecule has 0 aliphatic heterocycles. The molecule has 1 aliphatic carbocycles. The minimum Gasteiger partial charge on any atom is -0.495 e. The number of thiophene rings is 1. The zero-order chi connectivity index (χ0) is 24.1. The predicted octanol–water partition coefficient (Wildman–Crippen LogP) is 5.22. The summed E-state index contributed by atoms with van der Waals surface area (Å²) in [6.45, 7) is 0. The predicted molar refractivity (Wildman–Crippen MR) is 139 cm³/mol. The number of methoxy groups -OCH3 is 1. The van der Waals surface area contributed by atoms with Crippen molar-refractivity contribution in [3.63, 3.8) is 0 Å². The van der Waals surface area contributed by atoms with Crippen LogP contribution in [0.5, 0.6) is 5.75 Å². The zero-order valence-corrected chi connectivity index (χ0v) is 21.0. The summed E-state index contributed by atoms with van der Waals surface area (Å²) in [7, 11) is 1.58. The van der Waals surface area contributed by atoms with Crippen LogP contribution in [-0.4, -0.2) is 37.8 Å². The van der Waals surface area contributed by atoms with Gasteiger partial charge in [0, 0.05) is 15.5 Å². The van der Waals surface area contributed by atoms with E-state index in [1.807, 2.05) is 28.7 Å². The molecule has 0 fully saturated rings. The number of halogens is 1. The molecule has 5 aromatic rings. The zero-order valence-electron chi connectivity index (χ0n) is 18.7. The van der Waals surface area contributed by atoms with Gasteiger partial charge in [0.2, 0.25) is 5.78 Å². The number of aryl methyl sites for hydroxylation is 2. The van der Waals surface area contributed by atoms with Gasteiger partial charge >= 0.3 is 0 Å². The third-order valence-corrected chi connectivity index (χ3v) is 8.62. The highest BCUT2D eigenvalue weighted by atomic mass is 35.5. The monoisotopic (exact) mass is 522 g/mol. The topological polar surface area (TPSA) is 78.5 Å². The Labute approximate surface area is 213 Å². The van der Waals surface area contributed by atoms with E-state index >= 15 is 0 Å². The molecule has 1 aliphatic rings. The Morgan fingerprint density at radius 2 is 1.94 bits per heavy atom. The number of para-hydroxylation sites is 2. The Morgan fingerprint density at radius 1 is 1.14 bits per heavy atom. The molecule has 0 amide bonds. The van der Waals surface area contributed by atoms with Crippen LogP contribution in [0.2, 0.25) is 5.02 Å². The van der Waals surface area contributed by atoms with Crippen LogP contribution in [0.1, 0.15) is 27.2 Å². The molecule has 7 nitrogen and oxygen atoms in total. The number of hydrogen-bond donors (Lipinski definition) is 0. The molecule has 10 heteroatoms. The average Bonchev–Trinajstić information content (AvgIpc) is 3.58. The summed E-state index contributed by atoms with van der Waals surface area (Å²) in [5, 5.41) is 10.7. The van der Waals surface area contributed by atoms with Gasteiger partial charge in [0.05, 0.1) is 23.9 Å². The first kappa shape index (κ1) is 22.3. The standard InChI is InChI=1S/C25H19ClN4O3S2/c1-33-19-7-3-2-6-17(19)29-22(32)21-16-5-4-8-20(16)35-23(21)30-24(29)27-28-25(30)34-13-18(31)14-9-11-15(26)12-10-14/h2-3,6-7,9-12H,4-5,8,13H2,1H3. The van der Waals surface area contributed by atoms with Crippen molar-refractivity contribution in [3.05, 3.63) is 79.9 Å². The lowest BCUT2D eigenvalue weighted by Crippen LogP contribution is -2.22. The van der Waals surface area contributed by atoms with E-state index in [2.05, 4.69) is 10.2 Å². The summed E-state index contributed by atoms with van der Waals surface area (Å²) in [5.41, 5.74) is 2.17. The second-order valence-electron chi connectivity index (χ2n) is 8.19. The van der Waals surface area contributed by atoms with E-state index in [0.29, 0.717) is 38.3 Å². The molecule has 3 aromatic heterocycles. The highest BCUT2D eigenvalue weighted by molar-refractivity contribution is 7.99. The number of carbonyl (C=O) groups excluding carboxylic acids is 1. The lowest BCUT2D eigenvalue weighted by molar-refractivity contribution is 0.102. The number of nitrogens with zero attached hydrogens (tertiary/aromatic N) is 4. The van der Waals surface area contributed by atoms with Gasteiger partial charge in [-0.3, -0.25) is 9.59 Å². The van der Waals surface area contributed by atoms with Crippen molar-refractivity contribution in [2.45, 2.75) is 24.4 Å². The molecule has 0 unspecified atom stereocenters. The minimum atomic E-state index is -0.127. The lowest BCUT2D eigenvalue weighted by Gasteiger charge is -2.13. The highest BCUT2D eigenvalue weighted by Crippen LogP contribution is 2.38. The molecule has 35 heavy (non-hydrogen) atoms. The molecule has 0 atom stereocenters. The van der Waals surface area contributed by atoms with Crippen LogP contribution in [0.25, 0.3) is 21.7 Å². The van der Waals surface area contributed by atoms with Crippen molar-refractivity contribution in [1.82, 2.24) is 19.2 Å². The summed E-state index contributed by atoms with van der Waals surface area (Å²) in [6, 6.07) is 14.2. The number of Topliss-reactive ketones (excluding diaryl/α,β-unsaturated/α-hetero) is 1. The van der Waals surface area contributed by atoms with E-state index in [0.717, 1.165) is 29.7 Å². The fourth-order valence-electron chi connectivity index (χ4n) is 4.53. The maximum Gasteiger partial charge on any atom is 0.268 e. The van der Waals surface area contributed by atoms with Crippen LogP contribution in [0.4, 0.5) is 0 Å². The van der Waals surface area contributed by atoms with Gasteiger partial charge in [0.1, 0.15) is 10.6 Å². The van der Waals surface area contributed by atoms with E-state index in [1.54, 1.807) is 47.3 Å². The SMILES string of the molecule is COc1ccccc1-n1c(=O)c2c3c(sc2n2c(SCC(=O)c4ccc(Cl)cc4)nnc12)CCC3. The van der Waals surface area contributed by atoms with Crippen LogP contribution in [0, 0.1) is 0 Å². The molecule has 0 saturated carbocycles. The molecule has 0 saturated heterocycles. The van der Waals surface area contributed by atoms with Crippen LogP contribution in [0.15, 0.2) is 58.5 Å². The molecule has 176 valence electrons. The third kappa shape index (κ3) is 3.65. The Morgan fingerprint density at radius 3 is 2.74 bits per heavy atom. The first-order valence-electron chi connectivity index (χ1n) is 11.1. The maximum atomic E-state index is 13.9. The van der Waals surface area contributed by atoms with Crippen LogP contribution in [0.3, 0.4) is 0 Å². The largest absolute Gasteiger partial charge is 0.495 e. The molecular formula is C25H19ClN4O3S2. The number of fused-ring (bicyclic) bond motifs is 5. The molecule has 0 spiro atoms.